The first-order valence-corrected chi connectivity index (χ1v) is 6.36. The predicted octanol–water partition coefficient (Wildman–Crippen LogP) is 0.590. The standard InChI is InChI=1S/C12H18N4O3/c17-12(18)2-1-3-13-10-8-11(15-9-14-10)16-4-6-19-7-5-16/h8-9H,1-7H2,(H,17,18)(H,13,14,15). The first-order valence-electron chi connectivity index (χ1n) is 6.36. The Labute approximate surface area is 111 Å². The van der Waals surface area contributed by atoms with E-state index in [-0.39, 0.29) is 6.42 Å². The second-order valence-corrected chi connectivity index (χ2v) is 4.28. The van der Waals surface area contributed by atoms with Crippen molar-refractivity contribution in [3.05, 3.63) is 12.4 Å². The maximum absolute atomic E-state index is 10.4. The minimum Gasteiger partial charge on any atom is -0.481 e. The van der Waals surface area contributed by atoms with Crippen molar-refractivity contribution in [2.45, 2.75) is 12.8 Å². The highest BCUT2D eigenvalue weighted by molar-refractivity contribution is 5.66. The predicted molar refractivity (Wildman–Crippen MR) is 70.4 cm³/mol. The van der Waals surface area contributed by atoms with E-state index in [0.29, 0.717) is 26.2 Å². The Kier molecular flexibility index (Phi) is 4.91. The molecule has 2 N–H and O–H groups in total. The monoisotopic (exact) mass is 266 g/mol. The fourth-order valence-corrected chi connectivity index (χ4v) is 1.87. The van der Waals surface area contributed by atoms with Gasteiger partial charge in [0.15, 0.2) is 0 Å². The molecule has 0 radical (unpaired) electrons. The van der Waals surface area contributed by atoms with Gasteiger partial charge in [-0.1, -0.05) is 0 Å². The maximum atomic E-state index is 10.4. The number of aliphatic carboxylic acids is 1. The molecule has 104 valence electrons. The molecule has 2 rings (SSSR count). The molecule has 0 saturated carbocycles. The number of morpholine rings is 1. The number of carboxylic acid groups (broad SMARTS) is 1. The molecule has 2 heterocycles. The summed E-state index contributed by atoms with van der Waals surface area (Å²) in [6, 6.07) is 1.88. The van der Waals surface area contributed by atoms with E-state index >= 15 is 0 Å². The van der Waals surface area contributed by atoms with Gasteiger partial charge in [-0.15, -0.1) is 0 Å². The van der Waals surface area contributed by atoms with Crippen molar-refractivity contribution in [3.8, 4) is 0 Å². The smallest absolute Gasteiger partial charge is 0.303 e. The van der Waals surface area contributed by atoms with Gasteiger partial charge in [0, 0.05) is 32.1 Å². The van der Waals surface area contributed by atoms with Crippen LogP contribution in [0, 0.1) is 0 Å². The van der Waals surface area contributed by atoms with Gasteiger partial charge in [-0.2, -0.15) is 0 Å². The summed E-state index contributed by atoms with van der Waals surface area (Å²) in [6.45, 7) is 3.67. The summed E-state index contributed by atoms with van der Waals surface area (Å²) >= 11 is 0. The molecule has 0 aromatic carbocycles. The lowest BCUT2D eigenvalue weighted by Crippen LogP contribution is -2.36. The summed E-state index contributed by atoms with van der Waals surface area (Å²) in [6.07, 6.45) is 2.25. The van der Waals surface area contributed by atoms with Crippen molar-refractivity contribution in [2.24, 2.45) is 0 Å². The zero-order chi connectivity index (χ0) is 13.5. The van der Waals surface area contributed by atoms with E-state index in [1.54, 1.807) is 0 Å². The normalized spacial score (nSPS) is 15.3. The number of hydrogen-bond donors (Lipinski definition) is 2. The van der Waals surface area contributed by atoms with Crippen LogP contribution in [0.25, 0.3) is 0 Å². The summed E-state index contributed by atoms with van der Waals surface area (Å²) in [5.74, 6) is 0.819. The third kappa shape index (κ3) is 4.36. The van der Waals surface area contributed by atoms with E-state index in [1.807, 2.05) is 6.07 Å². The van der Waals surface area contributed by atoms with Crippen LogP contribution < -0.4 is 10.2 Å². The second kappa shape index (κ2) is 6.89. The summed E-state index contributed by atoms with van der Waals surface area (Å²) < 4.78 is 5.30. The number of aromatic nitrogens is 2. The number of hydrogen-bond acceptors (Lipinski definition) is 6. The average Bonchev–Trinajstić information content (AvgIpc) is 2.45. The van der Waals surface area contributed by atoms with E-state index in [9.17, 15) is 4.79 Å². The molecule has 0 atom stereocenters. The summed E-state index contributed by atoms with van der Waals surface area (Å²) in [4.78, 5) is 20.9. The lowest BCUT2D eigenvalue weighted by molar-refractivity contribution is -0.137. The van der Waals surface area contributed by atoms with Crippen LogP contribution >= 0.6 is 0 Å². The highest BCUT2D eigenvalue weighted by Crippen LogP contribution is 2.15. The van der Waals surface area contributed by atoms with E-state index in [0.717, 1.165) is 24.7 Å². The Morgan fingerprint density at radius 2 is 2.21 bits per heavy atom. The lowest BCUT2D eigenvalue weighted by atomic mass is 10.3. The summed E-state index contributed by atoms with van der Waals surface area (Å²) in [7, 11) is 0. The molecule has 1 aromatic heterocycles. The van der Waals surface area contributed by atoms with Crippen LogP contribution in [-0.4, -0.2) is 53.9 Å². The maximum Gasteiger partial charge on any atom is 0.303 e. The average molecular weight is 266 g/mol. The fourth-order valence-electron chi connectivity index (χ4n) is 1.87. The minimum absolute atomic E-state index is 0.161. The molecular weight excluding hydrogens is 248 g/mol. The van der Waals surface area contributed by atoms with Crippen molar-refractivity contribution in [2.75, 3.05) is 43.1 Å². The Hall–Kier alpha value is -1.89. The number of rotatable bonds is 6. The molecule has 1 aromatic rings. The zero-order valence-corrected chi connectivity index (χ0v) is 10.7. The SMILES string of the molecule is O=C(O)CCCNc1cc(N2CCOCC2)ncn1. The number of carbonyl (C=O) groups is 1. The lowest BCUT2D eigenvalue weighted by Gasteiger charge is -2.27. The Balaban J connectivity index is 1.85. The molecule has 7 nitrogen and oxygen atoms in total. The number of carboxylic acids is 1. The van der Waals surface area contributed by atoms with Crippen LogP contribution in [0.15, 0.2) is 12.4 Å². The molecule has 0 aliphatic carbocycles. The van der Waals surface area contributed by atoms with E-state index < -0.39 is 5.97 Å². The van der Waals surface area contributed by atoms with Crippen LogP contribution in [0.3, 0.4) is 0 Å². The van der Waals surface area contributed by atoms with Gasteiger partial charge >= 0.3 is 5.97 Å². The van der Waals surface area contributed by atoms with Crippen molar-refractivity contribution >= 4 is 17.6 Å². The fraction of sp³-hybridized carbons (Fsp3) is 0.583. The molecule has 7 heteroatoms. The zero-order valence-electron chi connectivity index (χ0n) is 10.7. The van der Waals surface area contributed by atoms with Crippen LogP contribution in [-0.2, 0) is 9.53 Å². The largest absolute Gasteiger partial charge is 0.481 e. The van der Waals surface area contributed by atoms with Crippen molar-refractivity contribution in [1.29, 1.82) is 0 Å². The quantitative estimate of drug-likeness (QED) is 0.728. The van der Waals surface area contributed by atoms with E-state index in [1.165, 1.54) is 6.33 Å². The van der Waals surface area contributed by atoms with Gasteiger partial charge in [-0.3, -0.25) is 4.79 Å². The summed E-state index contributed by atoms with van der Waals surface area (Å²) in [5.41, 5.74) is 0. The molecule has 1 aliphatic rings. The van der Waals surface area contributed by atoms with Crippen molar-refractivity contribution in [1.82, 2.24) is 9.97 Å². The van der Waals surface area contributed by atoms with Crippen molar-refractivity contribution in [3.63, 3.8) is 0 Å². The van der Waals surface area contributed by atoms with Gasteiger partial charge < -0.3 is 20.1 Å². The molecule has 1 fully saturated rings. The number of nitrogens with one attached hydrogen (secondary N) is 1. The molecule has 0 unspecified atom stereocenters. The molecule has 19 heavy (non-hydrogen) atoms. The van der Waals surface area contributed by atoms with Gasteiger partial charge in [0.05, 0.1) is 13.2 Å². The Morgan fingerprint density at radius 3 is 2.95 bits per heavy atom. The van der Waals surface area contributed by atoms with Gasteiger partial charge in [-0.25, -0.2) is 9.97 Å². The van der Waals surface area contributed by atoms with Crippen LogP contribution in [0.1, 0.15) is 12.8 Å². The van der Waals surface area contributed by atoms with E-state index in [4.69, 9.17) is 9.84 Å². The molecule has 0 spiro atoms. The third-order valence-electron chi connectivity index (χ3n) is 2.86. The van der Waals surface area contributed by atoms with Gasteiger partial charge in [0.2, 0.25) is 0 Å². The topological polar surface area (TPSA) is 87.6 Å². The first kappa shape index (κ1) is 13.5. The molecule has 1 saturated heterocycles. The second-order valence-electron chi connectivity index (χ2n) is 4.28. The van der Waals surface area contributed by atoms with Gasteiger partial charge in [0.1, 0.15) is 18.0 Å². The third-order valence-corrected chi connectivity index (χ3v) is 2.86. The van der Waals surface area contributed by atoms with Gasteiger partial charge in [0.25, 0.3) is 0 Å². The number of ether oxygens (including phenoxy) is 1. The number of nitrogens with zero attached hydrogens (tertiary/aromatic N) is 3. The van der Waals surface area contributed by atoms with Crippen molar-refractivity contribution < 1.29 is 14.6 Å². The molecule has 0 amide bonds. The highest BCUT2D eigenvalue weighted by atomic mass is 16.5. The van der Waals surface area contributed by atoms with Crippen LogP contribution in [0.4, 0.5) is 11.6 Å². The van der Waals surface area contributed by atoms with Crippen LogP contribution in [0.5, 0.6) is 0 Å². The minimum atomic E-state index is -0.779. The molecular formula is C12H18N4O3. The summed E-state index contributed by atoms with van der Waals surface area (Å²) in [5, 5.41) is 11.7. The van der Waals surface area contributed by atoms with E-state index in [2.05, 4.69) is 20.2 Å². The van der Waals surface area contributed by atoms with Gasteiger partial charge in [-0.05, 0) is 6.42 Å². The Morgan fingerprint density at radius 1 is 1.42 bits per heavy atom. The molecule has 0 bridgehead atoms. The molecule has 1 aliphatic heterocycles. The first-order chi connectivity index (χ1) is 9.25. The Bertz CT molecular complexity index is 421. The highest BCUT2D eigenvalue weighted by Gasteiger charge is 2.12. The number of anilines is 2. The van der Waals surface area contributed by atoms with Crippen LogP contribution in [0.2, 0.25) is 0 Å².